The third kappa shape index (κ3) is 5.60. The second-order valence-corrected chi connectivity index (χ2v) is 9.33. The minimum Gasteiger partial charge on any atom is -0.495 e. The fraction of sp³-hybridized carbons (Fsp3) is 0.240. The highest BCUT2D eigenvalue weighted by Gasteiger charge is 2.29. The number of amides is 1. The summed E-state index contributed by atoms with van der Waals surface area (Å²) in [5.74, 6) is 0.979. The number of benzene rings is 3. The van der Waals surface area contributed by atoms with Crippen molar-refractivity contribution in [3.63, 3.8) is 0 Å². The van der Waals surface area contributed by atoms with Gasteiger partial charge in [-0.1, -0.05) is 30.3 Å². The van der Waals surface area contributed by atoms with Gasteiger partial charge in [0.2, 0.25) is 5.91 Å². The molecule has 0 aromatic heterocycles. The third-order valence-electron chi connectivity index (χ3n) is 5.16. The average molecular weight is 485 g/mol. The Balaban J connectivity index is 1.89. The number of nitrogens with zero attached hydrogens (tertiary/aromatic N) is 1. The number of hydrogen-bond donors (Lipinski definition) is 1. The maximum atomic E-state index is 13.5. The number of rotatable bonds is 10. The van der Waals surface area contributed by atoms with Gasteiger partial charge in [0.05, 0.1) is 31.9 Å². The van der Waals surface area contributed by atoms with Crippen LogP contribution in [0.4, 0.5) is 5.69 Å². The second-order valence-electron chi connectivity index (χ2n) is 7.47. The molecule has 0 unspecified atom stereocenters. The Morgan fingerprint density at radius 3 is 2.15 bits per heavy atom. The van der Waals surface area contributed by atoms with Crippen LogP contribution in [-0.2, 0) is 21.4 Å². The monoisotopic (exact) mass is 484 g/mol. The van der Waals surface area contributed by atoms with Crippen molar-refractivity contribution in [1.82, 2.24) is 5.32 Å². The molecule has 0 saturated carbocycles. The van der Waals surface area contributed by atoms with E-state index < -0.39 is 22.5 Å². The van der Waals surface area contributed by atoms with Crippen LogP contribution in [0.15, 0.2) is 71.6 Å². The SMILES string of the molecule is COc1ccc(CNC(=O)CN(c2cc(C)ccc2OC)S(=O)(=O)c2ccccc2)cc1OC. The van der Waals surface area contributed by atoms with Crippen molar-refractivity contribution in [3.05, 3.63) is 77.9 Å². The molecule has 0 fully saturated rings. The predicted octanol–water partition coefficient (Wildman–Crippen LogP) is 3.53. The van der Waals surface area contributed by atoms with E-state index >= 15 is 0 Å². The van der Waals surface area contributed by atoms with Gasteiger partial charge in [-0.2, -0.15) is 0 Å². The van der Waals surface area contributed by atoms with Crippen molar-refractivity contribution in [2.24, 2.45) is 0 Å². The third-order valence-corrected chi connectivity index (χ3v) is 6.93. The molecule has 34 heavy (non-hydrogen) atoms. The first-order valence-electron chi connectivity index (χ1n) is 10.5. The summed E-state index contributed by atoms with van der Waals surface area (Å²) in [4.78, 5) is 13.0. The highest BCUT2D eigenvalue weighted by atomic mass is 32.2. The molecule has 3 aromatic rings. The van der Waals surface area contributed by atoms with Crippen LogP contribution in [-0.4, -0.2) is 42.2 Å². The van der Waals surface area contributed by atoms with Crippen molar-refractivity contribution in [1.29, 1.82) is 0 Å². The average Bonchev–Trinajstić information content (AvgIpc) is 2.86. The molecule has 0 bridgehead atoms. The number of anilines is 1. The van der Waals surface area contributed by atoms with E-state index in [2.05, 4.69) is 5.32 Å². The highest BCUT2D eigenvalue weighted by Crippen LogP contribution is 2.33. The number of hydrogen-bond acceptors (Lipinski definition) is 6. The highest BCUT2D eigenvalue weighted by molar-refractivity contribution is 7.92. The van der Waals surface area contributed by atoms with Gasteiger partial charge >= 0.3 is 0 Å². The molecule has 1 N–H and O–H groups in total. The molecule has 0 atom stereocenters. The minimum atomic E-state index is -4.05. The van der Waals surface area contributed by atoms with Gasteiger partial charge in [-0.3, -0.25) is 9.10 Å². The van der Waals surface area contributed by atoms with Crippen LogP contribution in [0.2, 0.25) is 0 Å². The zero-order chi connectivity index (χ0) is 24.7. The summed E-state index contributed by atoms with van der Waals surface area (Å²) in [6.07, 6.45) is 0. The summed E-state index contributed by atoms with van der Waals surface area (Å²) in [6.45, 7) is 1.60. The van der Waals surface area contributed by atoms with E-state index in [1.807, 2.05) is 13.0 Å². The van der Waals surface area contributed by atoms with Crippen molar-refractivity contribution in [3.8, 4) is 17.2 Å². The van der Waals surface area contributed by atoms with E-state index in [0.717, 1.165) is 15.4 Å². The predicted molar refractivity (Wildman–Crippen MR) is 130 cm³/mol. The minimum absolute atomic E-state index is 0.0752. The number of methoxy groups -OCH3 is 3. The van der Waals surface area contributed by atoms with Crippen molar-refractivity contribution in [2.45, 2.75) is 18.4 Å². The Bertz CT molecular complexity index is 1250. The molecule has 0 aliphatic heterocycles. The molecule has 8 nitrogen and oxygen atoms in total. The molecule has 0 saturated heterocycles. The molecule has 3 aromatic carbocycles. The zero-order valence-corrected chi connectivity index (χ0v) is 20.4. The number of carbonyl (C=O) groups excluding carboxylic acids is 1. The Kier molecular flexibility index (Phi) is 8.01. The Morgan fingerprint density at radius 1 is 0.853 bits per heavy atom. The maximum Gasteiger partial charge on any atom is 0.264 e. The number of aryl methyl sites for hydroxylation is 1. The van der Waals surface area contributed by atoms with Crippen LogP contribution < -0.4 is 23.8 Å². The molecule has 1 amide bonds. The molecule has 0 spiro atoms. The van der Waals surface area contributed by atoms with Gasteiger partial charge in [0, 0.05) is 6.54 Å². The van der Waals surface area contributed by atoms with Crippen LogP contribution in [0.1, 0.15) is 11.1 Å². The molecule has 9 heteroatoms. The maximum absolute atomic E-state index is 13.5. The molecular weight excluding hydrogens is 456 g/mol. The quantitative estimate of drug-likeness (QED) is 0.473. The van der Waals surface area contributed by atoms with Crippen LogP contribution >= 0.6 is 0 Å². The fourth-order valence-electron chi connectivity index (χ4n) is 3.39. The first kappa shape index (κ1) is 24.9. The zero-order valence-electron chi connectivity index (χ0n) is 19.6. The largest absolute Gasteiger partial charge is 0.495 e. The summed E-state index contributed by atoms with van der Waals surface area (Å²) >= 11 is 0. The number of carbonyl (C=O) groups is 1. The molecule has 0 aliphatic carbocycles. The van der Waals surface area contributed by atoms with Crippen molar-refractivity contribution >= 4 is 21.6 Å². The second kappa shape index (κ2) is 10.9. The van der Waals surface area contributed by atoms with E-state index in [4.69, 9.17) is 14.2 Å². The lowest BCUT2D eigenvalue weighted by atomic mass is 10.2. The van der Waals surface area contributed by atoms with Gasteiger partial charge in [0.1, 0.15) is 12.3 Å². The van der Waals surface area contributed by atoms with E-state index in [1.165, 1.54) is 26.4 Å². The summed E-state index contributed by atoms with van der Waals surface area (Å²) in [5.41, 5.74) is 1.89. The lowest BCUT2D eigenvalue weighted by Crippen LogP contribution is -2.40. The molecule has 3 rings (SSSR count). The van der Waals surface area contributed by atoms with Crippen LogP contribution in [0.3, 0.4) is 0 Å². The molecule has 180 valence electrons. The van der Waals surface area contributed by atoms with Gasteiger partial charge in [0.15, 0.2) is 11.5 Å². The van der Waals surface area contributed by atoms with Gasteiger partial charge in [0.25, 0.3) is 10.0 Å². The lowest BCUT2D eigenvalue weighted by Gasteiger charge is -2.26. The normalized spacial score (nSPS) is 10.9. The van der Waals surface area contributed by atoms with Crippen molar-refractivity contribution < 1.29 is 27.4 Å². The molecule has 0 radical (unpaired) electrons. The van der Waals surface area contributed by atoms with Crippen LogP contribution in [0.5, 0.6) is 17.2 Å². The Morgan fingerprint density at radius 2 is 1.50 bits per heavy atom. The number of ether oxygens (including phenoxy) is 3. The van der Waals surface area contributed by atoms with E-state index in [1.54, 1.807) is 55.6 Å². The number of nitrogens with one attached hydrogen (secondary N) is 1. The van der Waals surface area contributed by atoms with Gasteiger partial charge in [-0.05, 0) is 54.4 Å². The number of sulfonamides is 1. The van der Waals surface area contributed by atoms with E-state index in [-0.39, 0.29) is 17.1 Å². The Labute approximate surface area is 200 Å². The first-order valence-corrected chi connectivity index (χ1v) is 11.9. The van der Waals surface area contributed by atoms with Gasteiger partial charge < -0.3 is 19.5 Å². The topological polar surface area (TPSA) is 94.2 Å². The van der Waals surface area contributed by atoms with Gasteiger partial charge in [-0.15, -0.1) is 0 Å². The Hall–Kier alpha value is -3.72. The summed E-state index contributed by atoms with van der Waals surface area (Å²) in [5, 5.41) is 2.78. The molecular formula is C25H28N2O6S. The molecule has 0 heterocycles. The van der Waals surface area contributed by atoms with E-state index in [9.17, 15) is 13.2 Å². The fourth-order valence-corrected chi connectivity index (χ4v) is 4.84. The standard InChI is InChI=1S/C25H28N2O6S/c1-18-10-12-22(31-2)21(14-18)27(34(29,30)20-8-6-5-7-9-20)17-25(28)26-16-19-11-13-23(32-3)24(15-19)33-4/h5-15H,16-17H2,1-4H3,(H,26,28). The summed E-state index contributed by atoms with van der Waals surface area (Å²) in [6, 6.07) is 18.4. The van der Waals surface area contributed by atoms with Gasteiger partial charge in [-0.25, -0.2) is 8.42 Å². The molecule has 0 aliphatic rings. The smallest absolute Gasteiger partial charge is 0.264 e. The van der Waals surface area contributed by atoms with Crippen LogP contribution in [0, 0.1) is 6.92 Å². The lowest BCUT2D eigenvalue weighted by molar-refractivity contribution is -0.119. The van der Waals surface area contributed by atoms with E-state index in [0.29, 0.717) is 17.2 Å². The first-order chi connectivity index (χ1) is 16.3. The van der Waals surface area contributed by atoms with Crippen molar-refractivity contribution in [2.75, 3.05) is 32.2 Å². The summed E-state index contributed by atoms with van der Waals surface area (Å²) < 4.78 is 44.1. The summed E-state index contributed by atoms with van der Waals surface area (Å²) in [7, 11) is 0.484. The van der Waals surface area contributed by atoms with Crippen LogP contribution in [0.25, 0.3) is 0 Å².